The number of carbonyl (C=O) groups excluding carboxylic acids is 1. The van der Waals surface area contributed by atoms with E-state index >= 15 is 0 Å². The highest BCUT2D eigenvalue weighted by Gasteiger charge is 2.06. The van der Waals surface area contributed by atoms with Crippen molar-refractivity contribution in [1.29, 1.82) is 0 Å². The Bertz CT molecular complexity index is 130. The average molecular weight is 178 g/mol. The Morgan fingerprint density at radius 3 is 2.27 bits per heavy atom. The number of hydrogen-bond acceptors (Lipinski definition) is 3. The van der Waals surface area contributed by atoms with Crippen LogP contribution in [0.2, 0.25) is 0 Å². The van der Waals surface area contributed by atoms with Crippen molar-refractivity contribution in [2.75, 3.05) is 34.2 Å². The third kappa shape index (κ3) is 4.99. The molecule has 0 aromatic rings. The summed E-state index contributed by atoms with van der Waals surface area (Å²) in [6, 6.07) is 0. The molecule has 0 N–H and O–H groups in total. The van der Waals surface area contributed by atoms with Gasteiger partial charge in [0.1, 0.15) is 0 Å². The molecule has 0 aromatic carbocycles. The quantitative estimate of drug-likeness (QED) is 0.587. The predicted octanol–water partition coefficient (Wildman–Crippen LogP) is 0.406. The van der Waals surface area contributed by atoms with Crippen molar-refractivity contribution < 1.29 is 9.32 Å². The summed E-state index contributed by atoms with van der Waals surface area (Å²) in [4.78, 5) is 14.3. The van der Waals surface area contributed by atoms with Gasteiger partial charge in [-0.15, -0.1) is 0 Å². The summed E-state index contributed by atoms with van der Waals surface area (Å²) in [5.74, 6) is 0. The molecular weight excluding hydrogens is 163 g/mol. The Morgan fingerprint density at radius 2 is 1.91 bits per heavy atom. The van der Waals surface area contributed by atoms with Gasteiger partial charge in [0.05, 0.1) is 9.47 Å². The van der Waals surface area contributed by atoms with Crippen molar-refractivity contribution in [1.82, 2.24) is 9.80 Å². The molecule has 0 saturated heterocycles. The first-order valence-electron chi connectivity index (χ1n) is 3.34. The van der Waals surface area contributed by atoms with Gasteiger partial charge < -0.3 is 14.3 Å². The van der Waals surface area contributed by atoms with E-state index in [1.807, 2.05) is 28.5 Å². The van der Waals surface area contributed by atoms with Crippen LogP contribution in [0.15, 0.2) is 0 Å². The van der Waals surface area contributed by atoms with E-state index in [1.165, 1.54) is 4.90 Å². The highest BCUT2D eigenvalue weighted by Crippen LogP contribution is 1.94. The molecule has 1 atom stereocenters. The van der Waals surface area contributed by atoms with Crippen LogP contribution in [-0.2, 0) is 4.52 Å². The van der Waals surface area contributed by atoms with Crippen LogP contribution >= 0.6 is 9.47 Å². The van der Waals surface area contributed by atoms with E-state index < -0.39 is 0 Å². The largest absolute Gasteiger partial charge is 0.435 e. The molecule has 0 aromatic heterocycles. The third-order valence-electron chi connectivity index (χ3n) is 1.30. The van der Waals surface area contributed by atoms with Crippen molar-refractivity contribution in [2.24, 2.45) is 0 Å². The van der Waals surface area contributed by atoms with E-state index in [9.17, 15) is 4.79 Å². The molecule has 0 aliphatic carbocycles. The van der Waals surface area contributed by atoms with Gasteiger partial charge in [0.15, 0.2) is 0 Å². The van der Waals surface area contributed by atoms with Crippen molar-refractivity contribution in [3.63, 3.8) is 0 Å². The van der Waals surface area contributed by atoms with Crippen molar-refractivity contribution in [3.8, 4) is 0 Å². The number of amides is 1. The van der Waals surface area contributed by atoms with Gasteiger partial charge in [0, 0.05) is 20.1 Å². The van der Waals surface area contributed by atoms with E-state index in [0.717, 1.165) is 6.54 Å². The lowest BCUT2D eigenvalue weighted by Gasteiger charge is -2.17. The molecule has 0 heterocycles. The molecule has 0 fully saturated rings. The molecular formula is C6H15N2O2P. The molecule has 0 spiro atoms. The zero-order valence-electron chi connectivity index (χ0n) is 7.20. The number of hydrogen-bond donors (Lipinski definition) is 0. The topological polar surface area (TPSA) is 32.8 Å². The molecule has 1 amide bonds. The summed E-state index contributed by atoms with van der Waals surface area (Å²) < 4.78 is 4.43. The van der Waals surface area contributed by atoms with Crippen molar-refractivity contribution >= 4 is 15.6 Å². The number of likely N-dealkylation sites (N-methyl/N-ethyl adjacent to an activating group) is 2. The first-order valence-corrected chi connectivity index (χ1v) is 3.81. The first kappa shape index (κ1) is 10.7. The zero-order valence-corrected chi connectivity index (χ0v) is 8.36. The van der Waals surface area contributed by atoms with Gasteiger partial charge in [0.2, 0.25) is 0 Å². The Kier molecular flexibility index (Phi) is 5.16. The minimum Gasteiger partial charge on any atom is -0.435 e. The van der Waals surface area contributed by atoms with Crippen molar-refractivity contribution in [2.45, 2.75) is 0 Å². The Hall–Kier alpha value is -0.340. The fourth-order valence-corrected chi connectivity index (χ4v) is 0.711. The normalized spacial score (nSPS) is 9.91. The van der Waals surface area contributed by atoms with Crippen LogP contribution < -0.4 is 0 Å². The van der Waals surface area contributed by atoms with Gasteiger partial charge in [-0.05, 0) is 14.1 Å². The fourth-order valence-electron chi connectivity index (χ4n) is 0.531. The Labute approximate surface area is 69.8 Å². The third-order valence-corrected chi connectivity index (χ3v) is 1.50. The molecule has 0 bridgehead atoms. The van der Waals surface area contributed by atoms with Gasteiger partial charge >= 0.3 is 6.09 Å². The molecule has 0 aliphatic heterocycles. The maximum absolute atomic E-state index is 10.8. The summed E-state index contributed by atoms with van der Waals surface area (Å²) in [5.41, 5.74) is 0. The summed E-state index contributed by atoms with van der Waals surface area (Å²) in [6.07, 6.45) is -0.322. The molecule has 0 radical (unpaired) electrons. The lowest BCUT2D eigenvalue weighted by molar-refractivity contribution is 0.166. The second-order valence-electron chi connectivity index (χ2n) is 2.61. The molecule has 0 rings (SSSR count). The van der Waals surface area contributed by atoms with E-state index in [1.54, 1.807) is 7.05 Å². The first-order chi connectivity index (χ1) is 5.07. The SMILES string of the molecule is CN(C)CCN(C)C(=O)OP. The van der Waals surface area contributed by atoms with Crippen LogP contribution in [0.3, 0.4) is 0 Å². The van der Waals surface area contributed by atoms with Gasteiger partial charge in [-0.3, -0.25) is 0 Å². The zero-order chi connectivity index (χ0) is 8.85. The molecule has 5 heteroatoms. The fraction of sp³-hybridized carbons (Fsp3) is 0.833. The van der Waals surface area contributed by atoms with Crippen LogP contribution in [0.5, 0.6) is 0 Å². The summed E-state index contributed by atoms with van der Waals surface area (Å²) in [5, 5.41) is 0. The van der Waals surface area contributed by atoms with E-state index in [0.29, 0.717) is 6.54 Å². The van der Waals surface area contributed by atoms with Gasteiger partial charge in [0.25, 0.3) is 0 Å². The van der Waals surface area contributed by atoms with Crippen LogP contribution in [0.25, 0.3) is 0 Å². The van der Waals surface area contributed by atoms with Crippen LogP contribution in [0.1, 0.15) is 0 Å². The number of nitrogens with zero attached hydrogens (tertiary/aromatic N) is 2. The molecule has 66 valence electrons. The Morgan fingerprint density at radius 1 is 1.36 bits per heavy atom. The molecule has 1 unspecified atom stereocenters. The molecule has 4 nitrogen and oxygen atoms in total. The predicted molar refractivity (Wildman–Crippen MR) is 47.4 cm³/mol. The van der Waals surface area contributed by atoms with Gasteiger partial charge in [-0.25, -0.2) is 4.79 Å². The van der Waals surface area contributed by atoms with E-state index in [2.05, 4.69) is 4.52 Å². The molecule has 0 aliphatic rings. The van der Waals surface area contributed by atoms with Crippen LogP contribution in [0, 0.1) is 0 Å². The van der Waals surface area contributed by atoms with Crippen LogP contribution in [0.4, 0.5) is 4.79 Å². The second kappa shape index (κ2) is 5.33. The van der Waals surface area contributed by atoms with E-state index in [-0.39, 0.29) is 6.09 Å². The smallest absolute Gasteiger partial charge is 0.411 e. The molecule has 11 heavy (non-hydrogen) atoms. The highest BCUT2D eigenvalue weighted by molar-refractivity contribution is 7.10. The maximum Gasteiger partial charge on any atom is 0.411 e. The van der Waals surface area contributed by atoms with Gasteiger partial charge in [-0.2, -0.15) is 0 Å². The maximum atomic E-state index is 10.8. The highest BCUT2D eigenvalue weighted by atomic mass is 31.0. The number of carbonyl (C=O) groups is 1. The van der Waals surface area contributed by atoms with E-state index in [4.69, 9.17) is 0 Å². The lowest BCUT2D eigenvalue weighted by Crippen LogP contribution is -2.32. The minimum atomic E-state index is -0.322. The number of rotatable bonds is 3. The minimum absolute atomic E-state index is 0.322. The Balaban J connectivity index is 3.52. The van der Waals surface area contributed by atoms with Gasteiger partial charge in [-0.1, -0.05) is 0 Å². The standard InChI is InChI=1S/C6H15N2O2P/c1-7(2)4-5-8(3)6(9)10-11/h4-5,11H2,1-3H3. The second-order valence-corrected chi connectivity index (χ2v) is 2.84. The van der Waals surface area contributed by atoms with Crippen LogP contribution in [-0.4, -0.2) is 50.1 Å². The lowest BCUT2D eigenvalue weighted by atomic mass is 10.5. The summed E-state index contributed by atoms with van der Waals surface area (Å²) in [6.45, 7) is 1.52. The monoisotopic (exact) mass is 178 g/mol. The summed E-state index contributed by atoms with van der Waals surface area (Å²) in [7, 11) is 7.55. The summed E-state index contributed by atoms with van der Waals surface area (Å²) >= 11 is 0. The molecule has 0 saturated carbocycles. The average Bonchev–Trinajstić information content (AvgIpc) is 1.98. The van der Waals surface area contributed by atoms with Crippen molar-refractivity contribution in [3.05, 3.63) is 0 Å².